The molecular formula is C12H24N2O. The predicted octanol–water partition coefficient (Wildman–Crippen LogP) is 1.22. The Hall–Kier alpha value is -0.120. The van der Waals surface area contributed by atoms with Gasteiger partial charge < -0.3 is 15.4 Å². The second-order valence-corrected chi connectivity index (χ2v) is 5.18. The largest absolute Gasteiger partial charge is 0.377 e. The maximum Gasteiger partial charge on any atom is 0.0702 e. The number of piperidine rings is 1. The Morgan fingerprint density at radius 3 is 2.87 bits per heavy atom. The van der Waals surface area contributed by atoms with Crippen LogP contribution >= 0.6 is 0 Å². The van der Waals surface area contributed by atoms with Crippen LogP contribution in [0.15, 0.2) is 0 Å². The summed E-state index contributed by atoms with van der Waals surface area (Å²) >= 11 is 0. The molecule has 3 unspecified atom stereocenters. The second-order valence-electron chi connectivity index (χ2n) is 5.18. The van der Waals surface area contributed by atoms with Crippen molar-refractivity contribution in [3.8, 4) is 0 Å². The fourth-order valence-corrected chi connectivity index (χ4v) is 2.66. The van der Waals surface area contributed by atoms with Crippen LogP contribution in [0.1, 0.15) is 32.6 Å². The van der Waals surface area contributed by atoms with Gasteiger partial charge in [0.25, 0.3) is 0 Å². The van der Waals surface area contributed by atoms with E-state index >= 15 is 0 Å². The molecule has 0 aromatic rings. The quantitative estimate of drug-likeness (QED) is 0.748. The van der Waals surface area contributed by atoms with Gasteiger partial charge in [-0.3, -0.25) is 0 Å². The van der Waals surface area contributed by atoms with Crippen LogP contribution in [0, 0.1) is 5.92 Å². The zero-order valence-corrected chi connectivity index (χ0v) is 9.82. The summed E-state index contributed by atoms with van der Waals surface area (Å²) in [4.78, 5) is 2.53. The molecule has 0 aliphatic carbocycles. The molecule has 3 nitrogen and oxygen atoms in total. The van der Waals surface area contributed by atoms with Gasteiger partial charge in [-0.1, -0.05) is 6.92 Å². The lowest BCUT2D eigenvalue weighted by Crippen LogP contribution is -2.48. The zero-order chi connectivity index (χ0) is 10.7. The fourth-order valence-electron chi connectivity index (χ4n) is 2.66. The predicted molar refractivity (Wildman–Crippen MR) is 61.8 cm³/mol. The third-order valence-electron chi connectivity index (χ3n) is 3.79. The topological polar surface area (TPSA) is 38.5 Å². The second kappa shape index (κ2) is 5.28. The molecule has 3 heteroatoms. The Balaban J connectivity index is 1.74. The van der Waals surface area contributed by atoms with Gasteiger partial charge in [-0.2, -0.15) is 0 Å². The molecule has 0 aromatic carbocycles. The summed E-state index contributed by atoms with van der Waals surface area (Å²) < 4.78 is 5.77. The SMILES string of the molecule is CC1CN(CC2CCCCO2)CCC1N. The zero-order valence-electron chi connectivity index (χ0n) is 9.82. The molecule has 0 aromatic heterocycles. The Kier molecular flexibility index (Phi) is 4.00. The summed E-state index contributed by atoms with van der Waals surface area (Å²) in [5, 5.41) is 0. The minimum Gasteiger partial charge on any atom is -0.377 e. The molecule has 2 heterocycles. The Bertz CT molecular complexity index is 192. The van der Waals surface area contributed by atoms with Crippen LogP contribution in [0.2, 0.25) is 0 Å². The van der Waals surface area contributed by atoms with Gasteiger partial charge in [0.15, 0.2) is 0 Å². The van der Waals surface area contributed by atoms with Gasteiger partial charge in [0.05, 0.1) is 6.10 Å². The van der Waals surface area contributed by atoms with E-state index in [1.807, 2.05) is 0 Å². The molecule has 0 saturated carbocycles. The summed E-state index contributed by atoms with van der Waals surface area (Å²) in [5.74, 6) is 0.641. The molecule has 2 fully saturated rings. The van der Waals surface area contributed by atoms with Crippen molar-refractivity contribution >= 4 is 0 Å². The minimum absolute atomic E-state index is 0.411. The van der Waals surface area contributed by atoms with Gasteiger partial charge in [-0.15, -0.1) is 0 Å². The van der Waals surface area contributed by atoms with Crippen LogP contribution < -0.4 is 5.73 Å². The van der Waals surface area contributed by atoms with Crippen LogP contribution in [0.25, 0.3) is 0 Å². The molecule has 0 amide bonds. The molecule has 88 valence electrons. The van der Waals surface area contributed by atoms with Crippen molar-refractivity contribution in [3.05, 3.63) is 0 Å². The van der Waals surface area contributed by atoms with E-state index in [2.05, 4.69) is 11.8 Å². The first-order valence-electron chi connectivity index (χ1n) is 6.35. The van der Waals surface area contributed by atoms with Crippen molar-refractivity contribution in [2.24, 2.45) is 11.7 Å². The number of likely N-dealkylation sites (tertiary alicyclic amines) is 1. The maximum absolute atomic E-state index is 6.02. The monoisotopic (exact) mass is 212 g/mol. The Morgan fingerprint density at radius 2 is 2.20 bits per heavy atom. The third-order valence-corrected chi connectivity index (χ3v) is 3.79. The highest BCUT2D eigenvalue weighted by Crippen LogP contribution is 2.18. The van der Waals surface area contributed by atoms with E-state index in [1.165, 1.54) is 19.3 Å². The minimum atomic E-state index is 0.411. The van der Waals surface area contributed by atoms with Crippen LogP contribution in [-0.4, -0.2) is 43.3 Å². The first-order valence-corrected chi connectivity index (χ1v) is 6.35. The smallest absolute Gasteiger partial charge is 0.0702 e. The molecule has 2 saturated heterocycles. The first-order chi connectivity index (χ1) is 7.25. The highest BCUT2D eigenvalue weighted by molar-refractivity contribution is 4.81. The van der Waals surface area contributed by atoms with Crippen molar-refractivity contribution in [2.45, 2.75) is 44.8 Å². The van der Waals surface area contributed by atoms with E-state index in [9.17, 15) is 0 Å². The average Bonchev–Trinajstić information content (AvgIpc) is 2.25. The number of nitrogens with two attached hydrogens (primary N) is 1. The van der Waals surface area contributed by atoms with E-state index in [1.54, 1.807) is 0 Å². The molecule has 0 radical (unpaired) electrons. The molecule has 0 bridgehead atoms. The van der Waals surface area contributed by atoms with E-state index < -0.39 is 0 Å². The molecule has 0 spiro atoms. The van der Waals surface area contributed by atoms with Crippen LogP contribution in [0.4, 0.5) is 0 Å². The van der Waals surface area contributed by atoms with E-state index in [0.29, 0.717) is 18.1 Å². The van der Waals surface area contributed by atoms with Crippen molar-refractivity contribution in [3.63, 3.8) is 0 Å². The van der Waals surface area contributed by atoms with Crippen molar-refractivity contribution < 1.29 is 4.74 Å². The van der Waals surface area contributed by atoms with Crippen molar-refractivity contribution in [1.82, 2.24) is 4.90 Å². The first kappa shape index (κ1) is 11.4. The number of hydrogen-bond acceptors (Lipinski definition) is 3. The van der Waals surface area contributed by atoms with Gasteiger partial charge in [-0.25, -0.2) is 0 Å². The van der Waals surface area contributed by atoms with E-state index in [-0.39, 0.29) is 0 Å². The van der Waals surface area contributed by atoms with Gasteiger partial charge in [-0.05, 0) is 38.1 Å². The lowest BCUT2D eigenvalue weighted by atomic mass is 9.94. The van der Waals surface area contributed by atoms with Crippen LogP contribution in [0.5, 0.6) is 0 Å². The average molecular weight is 212 g/mol. The standard InChI is InChI=1S/C12H24N2O/c1-10-8-14(6-5-12(10)13)9-11-4-2-3-7-15-11/h10-12H,2-9,13H2,1H3. The third kappa shape index (κ3) is 3.16. The molecule has 3 atom stereocenters. The maximum atomic E-state index is 6.02. The number of nitrogens with zero attached hydrogens (tertiary/aromatic N) is 1. The van der Waals surface area contributed by atoms with Crippen molar-refractivity contribution in [2.75, 3.05) is 26.2 Å². The Labute approximate surface area is 93.0 Å². The highest BCUT2D eigenvalue weighted by atomic mass is 16.5. The summed E-state index contributed by atoms with van der Waals surface area (Å²) in [6, 6.07) is 0.411. The molecule has 2 N–H and O–H groups in total. The summed E-state index contributed by atoms with van der Waals surface area (Å²) in [7, 11) is 0. The fraction of sp³-hybridized carbons (Fsp3) is 1.00. The van der Waals surface area contributed by atoms with E-state index in [4.69, 9.17) is 10.5 Å². The van der Waals surface area contributed by atoms with Gasteiger partial charge in [0.1, 0.15) is 0 Å². The summed E-state index contributed by atoms with van der Waals surface area (Å²) in [5.41, 5.74) is 6.02. The van der Waals surface area contributed by atoms with Gasteiger partial charge >= 0.3 is 0 Å². The molecular weight excluding hydrogens is 188 g/mol. The summed E-state index contributed by atoms with van der Waals surface area (Å²) in [6.45, 7) is 6.66. The number of ether oxygens (including phenoxy) is 1. The lowest BCUT2D eigenvalue weighted by molar-refractivity contribution is -0.0133. The van der Waals surface area contributed by atoms with Gasteiger partial charge in [0.2, 0.25) is 0 Å². The molecule has 2 aliphatic rings. The lowest BCUT2D eigenvalue weighted by Gasteiger charge is -2.37. The molecule has 2 rings (SSSR count). The number of hydrogen-bond donors (Lipinski definition) is 1. The van der Waals surface area contributed by atoms with Crippen LogP contribution in [-0.2, 0) is 4.74 Å². The van der Waals surface area contributed by atoms with E-state index in [0.717, 1.165) is 32.7 Å². The highest BCUT2D eigenvalue weighted by Gasteiger charge is 2.25. The number of rotatable bonds is 2. The van der Waals surface area contributed by atoms with Crippen LogP contribution in [0.3, 0.4) is 0 Å². The Morgan fingerprint density at radius 1 is 1.33 bits per heavy atom. The molecule has 2 aliphatic heterocycles. The normalized spacial score (nSPS) is 39.2. The summed E-state index contributed by atoms with van der Waals surface area (Å²) in [6.07, 6.45) is 5.47. The molecule has 15 heavy (non-hydrogen) atoms. The van der Waals surface area contributed by atoms with Gasteiger partial charge in [0, 0.05) is 25.7 Å². The van der Waals surface area contributed by atoms with Crippen molar-refractivity contribution in [1.29, 1.82) is 0 Å².